The third-order valence-corrected chi connectivity index (χ3v) is 5.68. The summed E-state index contributed by atoms with van der Waals surface area (Å²) in [7, 11) is 0. The van der Waals surface area contributed by atoms with Gasteiger partial charge in [-0.3, -0.25) is 9.59 Å². The summed E-state index contributed by atoms with van der Waals surface area (Å²) in [6.45, 7) is 9.06. The van der Waals surface area contributed by atoms with E-state index in [0.717, 1.165) is 17.7 Å². The third-order valence-electron chi connectivity index (χ3n) is 4.69. The lowest BCUT2D eigenvalue weighted by Crippen LogP contribution is -2.49. The van der Waals surface area contributed by atoms with Gasteiger partial charge >= 0.3 is 0 Å². The van der Waals surface area contributed by atoms with Crippen LogP contribution in [0.15, 0.2) is 29.2 Å². The molecular formula is C19H28N2O2S. The SMILES string of the molecule is CC1CCC(C(N)=O)CN1C(=O)CSc1ccc(C(C)(C)C)cc1. The molecule has 0 aromatic heterocycles. The van der Waals surface area contributed by atoms with Gasteiger partial charge in [0.1, 0.15) is 0 Å². The summed E-state index contributed by atoms with van der Waals surface area (Å²) in [6, 6.07) is 8.57. The van der Waals surface area contributed by atoms with Gasteiger partial charge in [-0.2, -0.15) is 0 Å². The van der Waals surface area contributed by atoms with Crippen molar-refractivity contribution < 1.29 is 9.59 Å². The van der Waals surface area contributed by atoms with E-state index in [0.29, 0.717) is 12.3 Å². The molecule has 5 heteroatoms. The maximum Gasteiger partial charge on any atom is 0.233 e. The second kappa shape index (κ2) is 7.60. The van der Waals surface area contributed by atoms with Crippen molar-refractivity contribution in [3.63, 3.8) is 0 Å². The van der Waals surface area contributed by atoms with Gasteiger partial charge in [-0.25, -0.2) is 0 Å². The molecule has 0 radical (unpaired) electrons. The zero-order valence-electron chi connectivity index (χ0n) is 15.0. The normalized spacial score (nSPS) is 21.6. The zero-order valence-corrected chi connectivity index (χ0v) is 15.9. The Balaban J connectivity index is 1.93. The number of hydrogen-bond donors (Lipinski definition) is 1. The molecule has 2 amide bonds. The number of nitrogens with two attached hydrogens (primary N) is 1. The fourth-order valence-electron chi connectivity index (χ4n) is 2.97. The Bertz CT molecular complexity index is 592. The van der Waals surface area contributed by atoms with Crippen LogP contribution in [-0.2, 0) is 15.0 Å². The Morgan fingerprint density at radius 3 is 2.38 bits per heavy atom. The molecule has 4 nitrogen and oxygen atoms in total. The van der Waals surface area contributed by atoms with E-state index in [1.165, 1.54) is 5.56 Å². The predicted octanol–water partition coefficient (Wildman–Crippen LogP) is 3.19. The molecule has 1 aliphatic rings. The van der Waals surface area contributed by atoms with Crippen LogP contribution in [0.2, 0.25) is 0 Å². The smallest absolute Gasteiger partial charge is 0.233 e. The highest BCUT2D eigenvalue weighted by molar-refractivity contribution is 8.00. The molecule has 0 saturated carbocycles. The van der Waals surface area contributed by atoms with E-state index in [2.05, 4.69) is 45.0 Å². The molecule has 1 aliphatic heterocycles. The van der Waals surface area contributed by atoms with Gasteiger partial charge in [-0.15, -0.1) is 11.8 Å². The van der Waals surface area contributed by atoms with Gasteiger partial charge in [0.2, 0.25) is 11.8 Å². The number of amides is 2. The summed E-state index contributed by atoms with van der Waals surface area (Å²) in [5.74, 6) is -0.0327. The molecule has 2 unspecified atom stereocenters. The maximum absolute atomic E-state index is 12.5. The number of likely N-dealkylation sites (tertiary alicyclic amines) is 1. The van der Waals surface area contributed by atoms with Gasteiger partial charge < -0.3 is 10.6 Å². The van der Waals surface area contributed by atoms with E-state index in [4.69, 9.17) is 5.73 Å². The fraction of sp³-hybridized carbons (Fsp3) is 0.579. The van der Waals surface area contributed by atoms with Crippen molar-refractivity contribution in [2.24, 2.45) is 11.7 Å². The highest BCUT2D eigenvalue weighted by atomic mass is 32.2. The monoisotopic (exact) mass is 348 g/mol. The van der Waals surface area contributed by atoms with Crippen LogP contribution in [0.5, 0.6) is 0 Å². The molecule has 1 heterocycles. The van der Waals surface area contributed by atoms with E-state index < -0.39 is 0 Å². The summed E-state index contributed by atoms with van der Waals surface area (Å²) >= 11 is 1.55. The standard InChI is InChI=1S/C19H28N2O2S/c1-13-5-6-14(18(20)23)11-21(13)17(22)12-24-16-9-7-15(8-10-16)19(2,3)4/h7-10,13-14H,5-6,11-12H2,1-4H3,(H2,20,23). The van der Waals surface area contributed by atoms with Gasteiger partial charge in [0.15, 0.2) is 0 Å². The number of hydrogen-bond acceptors (Lipinski definition) is 3. The Morgan fingerprint density at radius 2 is 1.83 bits per heavy atom. The molecule has 0 aliphatic carbocycles. The third kappa shape index (κ3) is 4.76. The van der Waals surface area contributed by atoms with Crippen LogP contribution in [0, 0.1) is 5.92 Å². The van der Waals surface area contributed by atoms with Crippen LogP contribution < -0.4 is 5.73 Å². The number of carbonyl (C=O) groups is 2. The second-order valence-corrected chi connectivity index (χ2v) is 8.68. The minimum Gasteiger partial charge on any atom is -0.369 e. The zero-order chi connectivity index (χ0) is 17.9. The predicted molar refractivity (Wildman–Crippen MR) is 99.0 cm³/mol. The Hall–Kier alpha value is -1.49. The van der Waals surface area contributed by atoms with Gasteiger partial charge in [-0.1, -0.05) is 32.9 Å². The minimum absolute atomic E-state index is 0.0818. The number of nitrogens with zero attached hydrogens (tertiary/aromatic N) is 1. The van der Waals surface area contributed by atoms with Crippen molar-refractivity contribution in [3.8, 4) is 0 Å². The first-order chi connectivity index (χ1) is 11.2. The molecule has 2 atom stereocenters. The summed E-state index contributed by atoms with van der Waals surface area (Å²) in [4.78, 5) is 26.8. The van der Waals surface area contributed by atoms with E-state index >= 15 is 0 Å². The van der Waals surface area contributed by atoms with Crippen LogP contribution in [0.4, 0.5) is 0 Å². The summed E-state index contributed by atoms with van der Waals surface area (Å²) in [5, 5.41) is 0. The molecule has 0 bridgehead atoms. The van der Waals surface area contributed by atoms with Crippen LogP contribution in [0.1, 0.15) is 46.1 Å². The quantitative estimate of drug-likeness (QED) is 0.850. The van der Waals surface area contributed by atoms with Gasteiger partial charge in [0.05, 0.1) is 11.7 Å². The summed E-state index contributed by atoms with van der Waals surface area (Å²) < 4.78 is 0. The maximum atomic E-state index is 12.5. The van der Waals surface area contributed by atoms with Crippen molar-refractivity contribution >= 4 is 23.6 Å². The molecule has 1 aromatic carbocycles. The lowest BCUT2D eigenvalue weighted by atomic mass is 9.87. The summed E-state index contributed by atoms with van der Waals surface area (Å²) in [6.07, 6.45) is 1.62. The number of rotatable bonds is 4. The average molecular weight is 349 g/mol. The first kappa shape index (κ1) is 18.8. The molecule has 2 N–H and O–H groups in total. The van der Waals surface area contributed by atoms with E-state index in [1.807, 2.05) is 11.8 Å². The summed E-state index contributed by atoms with van der Waals surface area (Å²) in [5.41, 5.74) is 6.82. The molecular weight excluding hydrogens is 320 g/mol. The number of carbonyl (C=O) groups excluding carboxylic acids is 2. The largest absolute Gasteiger partial charge is 0.369 e. The van der Waals surface area contributed by atoms with Crippen molar-refractivity contribution in [3.05, 3.63) is 29.8 Å². The van der Waals surface area contributed by atoms with E-state index in [1.54, 1.807) is 11.8 Å². The number of thioether (sulfide) groups is 1. The highest BCUT2D eigenvalue weighted by Crippen LogP contribution is 2.27. The first-order valence-electron chi connectivity index (χ1n) is 8.50. The van der Waals surface area contributed by atoms with Crippen molar-refractivity contribution in [1.29, 1.82) is 0 Å². The van der Waals surface area contributed by atoms with Gasteiger partial charge in [0.25, 0.3) is 0 Å². The fourth-order valence-corrected chi connectivity index (χ4v) is 3.75. The number of piperidine rings is 1. The topological polar surface area (TPSA) is 63.4 Å². The number of benzene rings is 1. The van der Waals surface area contributed by atoms with Gasteiger partial charge in [-0.05, 0) is 42.9 Å². The van der Waals surface area contributed by atoms with Crippen LogP contribution in [0.3, 0.4) is 0 Å². The molecule has 24 heavy (non-hydrogen) atoms. The Kier molecular flexibility index (Phi) is 5.97. The van der Waals surface area contributed by atoms with Crippen LogP contribution >= 0.6 is 11.8 Å². The lowest BCUT2D eigenvalue weighted by Gasteiger charge is -2.36. The molecule has 0 spiro atoms. The average Bonchev–Trinajstić information content (AvgIpc) is 2.52. The van der Waals surface area contributed by atoms with Crippen molar-refractivity contribution in [2.45, 2.75) is 56.9 Å². The van der Waals surface area contributed by atoms with Crippen LogP contribution in [0.25, 0.3) is 0 Å². The van der Waals surface area contributed by atoms with Crippen molar-refractivity contribution in [2.75, 3.05) is 12.3 Å². The molecule has 1 saturated heterocycles. The molecule has 2 rings (SSSR count). The molecule has 1 fully saturated rings. The highest BCUT2D eigenvalue weighted by Gasteiger charge is 2.31. The van der Waals surface area contributed by atoms with E-state index in [-0.39, 0.29) is 29.2 Å². The second-order valence-electron chi connectivity index (χ2n) is 7.63. The lowest BCUT2D eigenvalue weighted by molar-refractivity contribution is -0.135. The van der Waals surface area contributed by atoms with E-state index in [9.17, 15) is 9.59 Å². The van der Waals surface area contributed by atoms with Gasteiger partial charge in [0, 0.05) is 17.5 Å². The van der Waals surface area contributed by atoms with Crippen molar-refractivity contribution in [1.82, 2.24) is 4.90 Å². The minimum atomic E-state index is -0.301. The van der Waals surface area contributed by atoms with Crippen LogP contribution in [-0.4, -0.2) is 35.1 Å². The molecule has 1 aromatic rings. The molecule has 132 valence electrons. The number of primary amides is 1. The first-order valence-corrected chi connectivity index (χ1v) is 9.49. The Labute approximate surface area is 149 Å². The Morgan fingerprint density at radius 1 is 1.21 bits per heavy atom.